The maximum absolute atomic E-state index is 13.0. The second kappa shape index (κ2) is 67.6. The van der Waals surface area contributed by atoms with Crippen molar-refractivity contribution < 1.29 is 28.6 Å². The van der Waals surface area contributed by atoms with Gasteiger partial charge in [-0.25, -0.2) is 0 Å². The number of allylic oxidation sites excluding steroid dienone is 10. The lowest BCUT2D eigenvalue weighted by Crippen LogP contribution is -2.30. The fourth-order valence-corrected chi connectivity index (χ4v) is 10.3. The topological polar surface area (TPSA) is 78.9 Å². The minimum Gasteiger partial charge on any atom is -0.462 e. The Bertz CT molecular complexity index is 1410. The van der Waals surface area contributed by atoms with E-state index in [1.165, 1.54) is 257 Å². The molecule has 0 aliphatic rings. The van der Waals surface area contributed by atoms with E-state index in [0.29, 0.717) is 19.3 Å². The minimum absolute atomic E-state index is 0.0919. The van der Waals surface area contributed by atoms with Crippen molar-refractivity contribution >= 4 is 17.9 Å². The van der Waals surface area contributed by atoms with Crippen LogP contribution in [0.4, 0.5) is 0 Å². The number of ether oxygens (including phenoxy) is 3. The molecule has 0 fully saturated rings. The fourth-order valence-electron chi connectivity index (χ4n) is 10.3. The Kier molecular flexibility index (Phi) is 65.1. The van der Waals surface area contributed by atoms with Gasteiger partial charge in [0.15, 0.2) is 6.10 Å². The lowest BCUT2D eigenvalue weighted by molar-refractivity contribution is -0.166. The Hall–Kier alpha value is -2.89. The first-order valence-electron chi connectivity index (χ1n) is 34.8. The van der Waals surface area contributed by atoms with Gasteiger partial charge in [0.2, 0.25) is 0 Å². The zero-order valence-electron chi connectivity index (χ0n) is 52.9. The van der Waals surface area contributed by atoms with Gasteiger partial charge in [-0.3, -0.25) is 14.4 Å². The molecular weight excluding hydrogens is 973 g/mol. The molecule has 0 aromatic carbocycles. The van der Waals surface area contributed by atoms with E-state index in [0.717, 1.165) is 64.2 Å². The second-order valence-electron chi connectivity index (χ2n) is 23.5. The van der Waals surface area contributed by atoms with Crippen LogP contribution in [-0.4, -0.2) is 37.2 Å². The zero-order chi connectivity index (χ0) is 57.1. The van der Waals surface area contributed by atoms with Crippen molar-refractivity contribution in [1.82, 2.24) is 0 Å². The van der Waals surface area contributed by atoms with Gasteiger partial charge < -0.3 is 14.2 Å². The molecule has 0 aliphatic heterocycles. The van der Waals surface area contributed by atoms with Gasteiger partial charge in [0.25, 0.3) is 0 Å². The molecule has 0 amide bonds. The number of rotatable bonds is 64. The standard InChI is InChI=1S/C73H132O6/c1-4-7-10-13-16-19-22-25-28-31-34-36-39-42-45-48-51-54-57-60-63-66-72(75)78-69-70(68-77-71(74)65-62-59-56-53-50-47-44-41-38-33-30-27-24-21-18-15-12-9-6-3)79-73(76)67-64-61-58-55-52-49-46-43-40-37-35-32-29-26-23-20-17-14-11-8-5-2/h18,21,27,30,38,41,47,50,56,59,70H,4-17,19-20,22-26,28-29,31-37,39-40,42-46,48-49,51-55,57-58,60-69H2,1-3H3/b21-18-,30-27-,41-38-,50-47-,59-56-/t70-/m1/s1. The van der Waals surface area contributed by atoms with E-state index in [-0.39, 0.29) is 37.5 Å². The number of carbonyl (C=O) groups excluding carboxylic acids is 3. The first kappa shape index (κ1) is 76.1. The van der Waals surface area contributed by atoms with Crippen LogP contribution in [0.3, 0.4) is 0 Å². The lowest BCUT2D eigenvalue weighted by Gasteiger charge is -2.18. The number of carbonyl (C=O) groups is 3. The molecule has 0 N–H and O–H groups in total. The number of hydrogen-bond donors (Lipinski definition) is 0. The van der Waals surface area contributed by atoms with Crippen molar-refractivity contribution in [3.63, 3.8) is 0 Å². The molecule has 0 aromatic heterocycles. The highest BCUT2D eigenvalue weighted by molar-refractivity contribution is 5.71. The van der Waals surface area contributed by atoms with Crippen LogP contribution in [0.1, 0.15) is 367 Å². The smallest absolute Gasteiger partial charge is 0.306 e. The Labute approximate surface area is 491 Å². The third-order valence-corrected chi connectivity index (χ3v) is 15.5. The summed E-state index contributed by atoms with van der Waals surface area (Å²) in [5.41, 5.74) is 0. The van der Waals surface area contributed by atoms with Gasteiger partial charge in [-0.15, -0.1) is 0 Å². The fraction of sp³-hybridized carbons (Fsp3) is 0.822. The van der Waals surface area contributed by atoms with E-state index in [1.54, 1.807) is 0 Å². The van der Waals surface area contributed by atoms with E-state index in [9.17, 15) is 14.4 Å². The van der Waals surface area contributed by atoms with Crippen LogP contribution in [0.25, 0.3) is 0 Å². The van der Waals surface area contributed by atoms with E-state index >= 15 is 0 Å². The molecule has 0 heterocycles. The summed E-state index contributed by atoms with van der Waals surface area (Å²) in [5.74, 6) is -0.952. The molecule has 79 heavy (non-hydrogen) atoms. The Morgan fingerprint density at radius 3 is 0.785 bits per heavy atom. The number of unbranched alkanes of at least 4 members (excludes halogenated alkanes) is 43. The maximum atomic E-state index is 13.0. The summed E-state index contributed by atoms with van der Waals surface area (Å²) >= 11 is 0. The number of esters is 3. The summed E-state index contributed by atoms with van der Waals surface area (Å²) < 4.78 is 16.9. The van der Waals surface area contributed by atoms with Crippen LogP contribution in [0.2, 0.25) is 0 Å². The first-order valence-corrected chi connectivity index (χ1v) is 34.8. The largest absolute Gasteiger partial charge is 0.462 e. The highest BCUT2D eigenvalue weighted by Crippen LogP contribution is 2.18. The number of hydrogen-bond acceptors (Lipinski definition) is 6. The van der Waals surface area contributed by atoms with E-state index in [2.05, 4.69) is 75.5 Å². The van der Waals surface area contributed by atoms with Crippen LogP contribution >= 0.6 is 0 Å². The third kappa shape index (κ3) is 65.8. The maximum Gasteiger partial charge on any atom is 0.306 e. The summed E-state index contributed by atoms with van der Waals surface area (Å²) in [6, 6.07) is 0. The molecule has 0 spiro atoms. The quantitative estimate of drug-likeness (QED) is 0.0261. The van der Waals surface area contributed by atoms with Gasteiger partial charge in [-0.2, -0.15) is 0 Å². The van der Waals surface area contributed by atoms with Crippen molar-refractivity contribution in [2.45, 2.75) is 374 Å². The summed E-state index contributed by atoms with van der Waals surface area (Å²) in [7, 11) is 0. The molecule has 460 valence electrons. The van der Waals surface area contributed by atoms with Crippen LogP contribution in [0, 0.1) is 0 Å². The van der Waals surface area contributed by atoms with Gasteiger partial charge in [-0.05, 0) is 57.8 Å². The third-order valence-electron chi connectivity index (χ3n) is 15.5. The van der Waals surface area contributed by atoms with Gasteiger partial charge in [0.05, 0.1) is 0 Å². The van der Waals surface area contributed by atoms with Crippen LogP contribution in [0.15, 0.2) is 60.8 Å². The van der Waals surface area contributed by atoms with Crippen molar-refractivity contribution in [2.75, 3.05) is 13.2 Å². The molecular formula is C73H132O6. The average molecular weight is 1110 g/mol. The molecule has 6 nitrogen and oxygen atoms in total. The second-order valence-corrected chi connectivity index (χ2v) is 23.5. The molecule has 0 bridgehead atoms. The van der Waals surface area contributed by atoms with Crippen molar-refractivity contribution in [3.8, 4) is 0 Å². The molecule has 0 radical (unpaired) electrons. The van der Waals surface area contributed by atoms with Gasteiger partial charge in [0, 0.05) is 19.3 Å². The van der Waals surface area contributed by atoms with Crippen molar-refractivity contribution in [1.29, 1.82) is 0 Å². The molecule has 0 aromatic rings. The van der Waals surface area contributed by atoms with E-state index in [4.69, 9.17) is 14.2 Å². The first-order chi connectivity index (χ1) is 39.0. The van der Waals surface area contributed by atoms with Gasteiger partial charge >= 0.3 is 17.9 Å². The van der Waals surface area contributed by atoms with Crippen LogP contribution in [-0.2, 0) is 28.6 Å². The monoisotopic (exact) mass is 1110 g/mol. The zero-order valence-corrected chi connectivity index (χ0v) is 52.9. The lowest BCUT2D eigenvalue weighted by atomic mass is 10.0. The molecule has 0 aliphatic carbocycles. The SMILES string of the molecule is CCCCC/C=C\C/C=C\C/C=C\C/C=C\C/C=C\CCC(=O)OC[C@H](COC(=O)CCCCCCCCCCCCCCCCCCCCCCC)OC(=O)CCCCCCCCCCCCCCCCCCCCCCC. The molecule has 0 saturated carbocycles. The summed E-state index contributed by atoms with van der Waals surface area (Å²) in [6.07, 6.45) is 86.8. The predicted octanol–water partition coefficient (Wildman–Crippen LogP) is 23.9. The summed E-state index contributed by atoms with van der Waals surface area (Å²) in [5, 5.41) is 0. The molecule has 0 unspecified atom stereocenters. The van der Waals surface area contributed by atoms with Crippen molar-refractivity contribution in [2.24, 2.45) is 0 Å². The summed E-state index contributed by atoms with van der Waals surface area (Å²) in [4.78, 5) is 38.4. The molecule has 0 rings (SSSR count). The van der Waals surface area contributed by atoms with Crippen LogP contribution in [0.5, 0.6) is 0 Å². The minimum atomic E-state index is -0.803. The van der Waals surface area contributed by atoms with Crippen LogP contribution < -0.4 is 0 Å². The Balaban J connectivity index is 4.40. The molecule has 6 heteroatoms. The molecule has 0 saturated heterocycles. The highest BCUT2D eigenvalue weighted by Gasteiger charge is 2.19. The predicted molar refractivity (Wildman–Crippen MR) is 344 cm³/mol. The Morgan fingerprint density at radius 1 is 0.253 bits per heavy atom. The average Bonchev–Trinajstić information content (AvgIpc) is 3.45. The summed E-state index contributed by atoms with van der Waals surface area (Å²) in [6.45, 7) is 6.62. The Morgan fingerprint density at radius 2 is 0.481 bits per heavy atom. The highest BCUT2D eigenvalue weighted by atomic mass is 16.6. The normalized spacial score (nSPS) is 12.4. The molecule has 1 atom stereocenters. The van der Waals surface area contributed by atoms with Crippen molar-refractivity contribution in [3.05, 3.63) is 60.8 Å². The van der Waals surface area contributed by atoms with Gasteiger partial charge in [0.1, 0.15) is 13.2 Å². The van der Waals surface area contributed by atoms with E-state index < -0.39 is 6.10 Å². The van der Waals surface area contributed by atoms with E-state index in [1.807, 2.05) is 6.08 Å². The van der Waals surface area contributed by atoms with Gasteiger partial charge in [-0.1, -0.05) is 351 Å².